The number of benzene rings is 1. The van der Waals surface area contributed by atoms with Gasteiger partial charge in [0.2, 0.25) is 0 Å². The SMILES string of the molecule is CCc1noc(C)c1C(=O)OCC(=O)NCCc1ccccc1. The van der Waals surface area contributed by atoms with Crippen molar-refractivity contribution in [2.45, 2.75) is 26.7 Å². The molecule has 0 unspecified atom stereocenters. The summed E-state index contributed by atoms with van der Waals surface area (Å²) in [4.78, 5) is 23.7. The first-order valence-electron chi connectivity index (χ1n) is 7.54. The molecule has 6 heteroatoms. The van der Waals surface area contributed by atoms with E-state index in [1.54, 1.807) is 6.92 Å². The summed E-state index contributed by atoms with van der Waals surface area (Å²) in [5, 5.41) is 6.51. The quantitative estimate of drug-likeness (QED) is 0.791. The fourth-order valence-corrected chi connectivity index (χ4v) is 2.17. The Bertz CT molecular complexity index is 664. The Morgan fingerprint density at radius 2 is 2.00 bits per heavy atom. The second-order valence-electron chi connectivity index (χ2n) is 5.08. The normalized spacial score (nSPS) is 10.3. The smallest absolute Gasteiger partial charge is 0.344 e. The monoisotopic (exact) mass is 316 g/mol. The Morgan fingerprint density at radius 1 is 1.26 bits per heavy atom. The van der Waals surface area contributed by atoms with Crippen molar-refractivity contribution in [2.24, 2.45) is 0 Å². The van der Waals surface area contributed by atoms with Crippen molar-refractivity contribution in [2.75, 3.05) is 13.2 Å². The lowest BCUT2D eigenvalue weighted by Gasteiger charge is -2.06. The molecule has 1 heterocycles. The minimum absolute atomic E-state index is 0.310. The average Bonchev–Trinajstić information content (AvgIpc) is 2.94. The van der Waals surface area contributed by atoms with Gasteiger partial charge < -0.3 is 14.6 Å². The number of aromatic nitrogens is 1. The number of hydrogen-bond acceptors (Lipinski definition) is 5. The minimum Gasteiger partial charge on any atom is -0.452 e. The number of aryl methyl sites for hydroxylation is 2. The lowest BCUT2D eigenvalue weighted by Crippen LogP contribution is -2.30. The van der Waals surface area contributed by atoms with E-state index in [2.05, 4.69) is 10.5 Å². The van der Waals surface area contributed by atoms with E-state index in [1.807, 2.05) is 37.3 Å². The second-order valence-corrected chi connectivity index (χ2v) is 5.08. The number of ether oxygens (including phenoxy) is 1. The number of hydrogen-bond donors (Lipinski definition) is 1. The Hall–Kier alpha value is -2.63. The van der Waals surface area contributed by atoms with E-state index in [4.69, 9.17) is 9.26 Å². The standard InChI is InChI=1S/C17H20N2O4/c1-3-14-16(12(2)23-19-14)17(21)22-11-15(20)18-10-9-13-7-5-4-6-8-13/h4-8H,3,9-11H2,1-2H3,(H,18,20). The van der Waals surface area contributed by atoms with Crippen molar-refractivity contribution in [1.29, 1.82) is 0 Å². The molecule has 1 N–H and O–H groups in total. The average molecular weight is 316 g/mol. The van der Waals surface area contributed by atoms with Crippen molar-refractivity contribution < 1.29 is 18.8 Å². The van der Waals surface area contributed by atoms with Gasteiger partial charge in [0.25, 0.3) is 5.91 Å². The minimum atomic E-state index is -0.584. The van der Waals surface area contributed by atoms with E-state index in [0.717, 1.165) is 12.0 Å². The van der Waals surface area contributed by atoms with E-state index < -0.39 is 5.97 Å². The van der Waals surface area contributed by atoms with Gasteiger partial charge in [0, 0.05) is 6.54 Å². The molecule has 23 heavy (non-hydrogen) atoms. The van der Waals surface area contributed by atoms with Crippen molar-refractivity contribution in [3.8, 4) is 0 Å². The van der Waals surface area contributed by atoms with Crippen LogP contribution in [0.2, 0.25) is 0 Å². The predicted molar refractivity (Wildman–Crippen MR) is 84.1 cm³/mol. The molecule has 2 rings (SSSR count). The first-order valence-corrected chi connectivity index (χ1v) is 7.54. The van der Waals surface area contributed by atoms with Crippen LogP contribution in [0.3, 0.4) is 0 Å². The molecule has 1 aromatic carbocycles. The highest BCUT2D eigenvalue weighted by Crippen LogP contribution is 2.15. The maximum Gasteiger partial charge on any atom is 0.344 e. The molecule has 6 nitrogen and oxygen atoms in total. The van der Waals surface area contributed by atoms with Crippen LogP contribution >= 0.6 is 0 Å². The molecule has 1 aromatic heterocycles. The van der Waals surface area contributed by atoms with Crippen LogP contribution < -0.4 is 5.32 Å². The summed E-state index contributed by atoms with van der Waals surface area (Å²) in [5.41, 5.74) is 1.99. The summed E-state index contributed by atoms with van der Waals surface area (Å²) in [6.45, 7) is 3.68. The summed E-state index contributed by atoms with van der Waals surface area (Å²) in [7, 11) is 0. The zero-order chi connectivity index (χ0) is 16.7. The van der Waals surface area contributed by atoms with E-state index in [9.17, 15) is 9.59 Å². The van der Waals surface area contributed by atoms with Crippen molar-refractivity contribution >= 4 is 11.9 Å². The molecule has 0 aliphatic carbocycles. The van der Waals surface area contributed by atoms with Crippen LogP contribution in [0, 0.1) is 6.92 Å². The number of amides is 1. The molecule has 2 aromatic rings. The molecule has 0 radical (unpaired) electrons. The van der Waals surface area contributed by atoms with Gasteiger partial charge >= 0.3 is 5.97 Å². The zero-order valence-electron chi connectivity index (χ0n) is 13.3. The molecule has 1 amide bonds. The molecule has 0 saturated carbocycles. The van der Waals surface area contributed by atoms with E-state index in [-0.39, 0.29) is 12.5 Å². The third-order valence-corrected chi connectivity index (χ3v) is 3.39. The first-order chi connectivity index (χ1) is 11.1. The van der Waals surface area contributed by atoms with Gasteiger partial charge in [-0.15, -0.1) is 0 Å². The first kappa shape index (κ1) is 16.7. The number of carbonyl (C=O) groups is 2. The predicted octanol–water partition coefficient (Wildman–Crippen LogP) is 2.06. The summed E-state index contributed by atoms with van der Waals surface area (Å²) in [6, 6.07) is 9.83. The highest BCUT2D eigenvalue weighted by atomic mass is 16.5. The molecular weight excluding hydrogens is 296 g/mol. The third kappa shape index (κ3) is 4.67. The maximum absolute atomic E-state index is 12.0. The van der Waals surface area contributed by atoms with Crippen LogP contribution in [-0.2, 0) is 22.4 Å². The highest BCUT2D eigenvalue weighted by Gasteiger charge is 2.21. The topological polar surface area (TPSA) is 81.4 Å². The van der Waals surface area contributed by atoms with Crippen LogP contribution in [0.4, 0.5) is 0 Å². The van der Waals surface area contributed by atoms with Crippen molar-refractivity contribution in [3.63, 3.8) is 0 Å². The lowest BCUT2D eigenvalue weighted by atomic mass is 10.1. The van der Waals surface area contributed by atoms with Gasteiger partial charge in [0.05, 0.1) is 5.69 Å². The molecule has 0 aliphatic rings. The fraction of sp³-hybridized carbons (Fsp3) is 0.353. The third-order valence-electron chi connectivity index (χ3n) is 3.39. The zero-order valence-corrected chi connectivity index (χ0v) is 13.3. The summed E-state index contributed by atoms with van der Waals surface area (Å²) < 4.78 is 10.0. The Balaban J connectivity index is 1.76. The molecule has 0 spiro atoms. The second kappa shape index (κ2) is 8.12. The van der Waals surface area contributed by atoms with Crippen LogP contribution in [0.1, 0.15) is 34.3 Å². The fourth-order valence-electron chi connectivity index (χ4n) is 2.17. The Morgan fingerprint density at radius 3 is 2.70 bits per heavy atom. The molecule has 0 atom stereocenters. The number of rotatable bonds is 7. The van der Waals surface area contributed by atoms with Crippen LogP contribution in [0.25, 0.3) is 0 Å². The molecule has 0 aliphatic heterocycles. The van der Waals surface area contributed by atoms with Gasteiger partial charge in [0.15, 0.2) is 6.61 Å². The van der Waals surface area contributed by atoms with Gasteiger partial charge in [-0.2, -0.15) is 0 Å². The van der Waals surface area contributed by atoms with Gasteiger partial charge in [-0.3, -0.25) is 4.79 Å². The van der Waals surface area contributed by atoms with Gasteiger partial charge in [0.1, 0.15) is 11.3 Å². The Labute approximate surface area is 134 Å². The summed E-state index contributed by atoms with van der Waals surface area (Å²) >= 11 is 0. The largest absolute Gasteiger partial charge is 0.452 e. The lowest BCUT2D eigenvalue weighted by molar-refractivity contribution is -0.124. The maximum atomic E-state index is 12.0. The molecule has 0 fully saturated rings. The van der Waals surface area contributed by atoms with E-state index in [0.29, 0.717) is 30.0 Å². The number of nitrogens with one attached hydrogen (secondary N) is 1. The summed E-state index contributed by atoms with van der Waals surface area (Å²) in [5.74, 6) is -0.517. The van der Waals surface area contributed by atoms with Crippen LogP contribution in [0.5, 0.6) is 0 Å². The van der Waals surface area contributed by atoms with Gasteiger partial charge in [-0.05, 0) is 25.3 Å². The number of nitrogens with zero attached hydrogens (tertiary/aromatic N) is 1. The van der Waals surface area contributed by atoms with Crippen molar-refractivity contribution in [1.82, 2.24) is 10.5 Å². The molecule has 122 valence electrons. The van der Waals surface area contributed by atoms with Gasteiger partial charge in [-0.1, -0.05) is 42.4 Å². The van der Waals surface area contributed by atoms with Gasteiger partial charge in [-0.25, -0.2) is 4.79 Å². The van der Waals surface area contributed by atoms with Crippen LogP contribution in [-0.4, -0.2) is 30.2 Å². The number of carbonyl (C=O) groups excluding carboxylic acids is 2. The molecule has 0 saturated heterocycles. The Kier molecular flexibility index (Phi) is 5.91. The van der Waals surface area contributed by atoms with E-state index >= 15 is 0 Å². The molecule has 0 bridgehead atoms. The molecular formula is C17H20N2O4. The highest BCUT2D eigenvalue weighted by molar-refractivity contribution is 5.93. The number of esters is 1. The van der Waals surface area contributed by atoms with Crippen LogP contribution in [0.15, 0.2) is 34.9 Å². The summed E-state index contributed by atoms with van der Waals surface area (Å²) in [6.07, 6.45) is 1.29. The van der Waals surface area contributed by atoms with Crippen molar-refractivity contribution in [3.05, 3.63) is 52.9 Å². The van der Waals surface area contributed by atoms with E-state index in [1.165, 1.54) is 0 Å².